The maximum Gasteiger partial charge on any atom is 0.0491 e. The number of hydrogen-bond acceptors (Lipinski definition) is 1. The number of rotatable bonds is 6. The Labute approximate surface area is 88.5 Å². The average molecular weight is 196 g/mol. The summed E-state index contributed by atoms with van der Waals surface area (Å²) in [5.41, 5.74) is 1.37. The van der Waals surface area contributed by atoms with Gasteiger partial charge in [0.25, 0.3) is 0 Å². The molecule has 0 amide bonds. The van der Waals surface area contributed by atoms with Crippen molar-refractivity contribution < 1.29 is 5.11 Å². The van der Waals surface area contributed by atoms with Gasteiger partial charge in [0.05, 0.1) is 0 Å². The Bertz CT molecular complexity index is 191. The highest BCUT2D eigenvalue weighted by Gasteiger charge is 2.00. The average Bonchev–Trinajstić information content (AvgIpc) is 2.14. The van der Waals surface area contributed by atoms with Gasteiger partial charge in [0.1, 0.15) is 0 Å². The molecule has 1 heteroatoms. The van der Waals surface area contributed by atoms with Crippen molar-refractivity contribution in [1.82, 2.24) is 0 Å². The van der Waals surface area contributed by atoms with Crippen LogP contribution in [0.25, 0.3) is 0 Å². The molecule has 0 aliphatic carbocycles. The minimum absolute atomic E-state index is 0.247. The van der Waals surface area contributed by atoms with E-state index in [0.717, 1.165) is 12.8 Å². The highest BCUT2D eigenvalue weighted by atomic mass is 16.3. The van der Waals surface area contributed by atoms with Gasteiger partial charge in [-0.1, -0.05) is 44.6 Å². The van der Waals surface area contributed by atoms with Gasteiger partial charge in [-0.15, -0.1) is 0 Å². The highest BCUT2D eigenvalue weighted by Crippen LogP contribution is 2.14. The van der Waals surface area contributed by atoms with Gasteiger partial charge < -0.3 is 5.11 Å². The molecule has 0 radical (unpaired) electrons. The first-order chi connectivity index (χ1) is 6.60. The lowest BCUT2D eigenvalue weighted by molar-refractivity contribution is 0.261. The molecule has 0 aliphatic rings. The van der Waals surface area contributed by atoms with E-state index < -0.39 is 0 Å². The summed E-state index contributed by atoms with van der Waals surface area (Å²) in [6.07, 6.45) is 8.85. The largest absolute Gasteiger partial charge is 0.396 e. The lowest BCUT2D eigenvalue weighted by Crippen LogP contribution is -1.98. The summed E-state index contributed by atoms with van der Waals surface area (Å²) in [6, 6.07) is 0. The van der Waals surface area contributed by atoms with E-state index in [9.17, 15) is 0 Å². The standard InChI is InChI=1S/C13H24O/c1-5-6-7-11(2)8-12(3)9-13(4)10-14/h6-7,9,11,13-14H,5,8,10H2,1-4H3. The Balaban J connectivity index is 3.97. The molecule has 0 rings (SSSR count). The topological polar surface area (TPSA) is 20.2 Å². The first kappa shape index (κ1) is 13.4. The molecule has 0 aromatic heterocycles. The zero-order valence-electron chi connectivity index (χ0n) is 9.96. The van der Waals surface area contributed by atoms with Crippen LogP contribution < -0.4 is 0 Å². The van der Waals surface area contributed by atoms with Crippen LogP contribution in [0.3, 0.4) is 0 Å². The predicted octanol–water partition coefficient (Wildman–Crippen LogP) is 3.55. The number of allylic oxidation sites excluding steroid dienone is 3. The Morgan fingerprint density at radius 2 is 1.93 bits per heavy atom. The monoisotopic (exact) mass is 196 g/mol. The smallest absolute Gasteiger partial charge is 0.0491 e. The van der Waals surface area contributed by atoms with E-state index in [1.165, 1.54) is 5.57 Å². The van der Waals surface area contributed by atoms with Crippen molar-refractivity contribution >= 4 is 0 Å². The maximum atomic E-state index is 8.90. The second-order valence-electron chi connectivity index (χ2n) is 4.19. The number of aliphatic hydroxyl groups excluding tert-OH is 1. The number of aliphatic hydroxyl groups is 1. The lowest BCUT2D eigenvalue weighted by atomic mass is 9.98. The van der Waals surface area contributed by atoms with E-state index in [0.29, 0.717) is 5.92 Å². The van der Waals surface area contributed by atoms with Gasteiger partial charge in [-0.05, 0) is 31.6 Å². The number of hydrogen-bond donors (Lipinski definition) is 1. The molecular weight excluding hydrogens is 172 g/mol. The maximum absolute atomic E-state index is 8.90. The quantitative estimate of drug-likeness (QED) is 0.644. The third-order valence-electron chi connectivity index (χ3n) is 2.20. The van der Waals surface area contributed by atoms with Crippen LogP contribution in [0.5, 0.6) is 0 Å². The molecular formula is C13H24O. The van der Waals surface area contributed by atoms with Crippen molar-refractivity contribution in [3.8, 4) is 0 Å². The van der Waals surface area contributed by atoms with Gasteiger partial charge in [-0.25, -0.2) is 0 Å². The summed E-state index contributed by atoms with van der Waals surface area (Å²) in [6.45, 7) is 8.81. The third kappa shape index (κ3) is 6.90. The summed E-state index contributed by atoms with van der Waals surface area (Å²) < 4.78 is 0. The van der Waals surface area contributed by atoms with Gasteiger partial charge in [-0.3, -0.25) is 0 Å². The van der Waals surface area contributed by atoms with Crippen LogP contribution in [0.1, 0.15) is 40.5 Å². The molecule has 2 unspecified atom stereocenters. The summed E-state index contributed by atoms with van der Waals surface area (Å²) >= 11 is 0. The van der Waals surface area contributed by atoms with Crippen LogP contribution in [0.15, 0.2) is 23.8 Å². The van der Waals surface area contributed by atoms with Crippen LogP contribution in [-0.2, 0) is 0 Å². The summed E-state index contributed by atoms with van der Waals surface area (Å²) in [4.78, 5) is 0. The minimum Gasteiger partial charge on any atom is -0.396 e. The molecule has 1 nitrogen and oxygen atoms in total. The molecule has 0 saturated heterocycles. The molecule has 82 valence electrons. The SMILES string of the molecule is CCC=CC(C)CC(C)=CC(C)CO. The predicted molar refractivity (Wildman–Crippen MR) is 63.2 cm³/mol. The summed E-state index contributed by atoms with van der Waals surface area (Å²) in [5.74, 6) is 0.898. The van der Waals surface area contributed by atoms with E-state index in [1.54, 1.807) is 0 Å². The van der Waals surface area contributed by atoms with Crippen LogP contribution in [0, 0.1) is 11.8 Å². The Hall–Kier alpha value is -0.560. The van der Waals surface area contributed by atoms with Crippen LogP contribution in [0.4, 0.5) is 0 Å². The molecule has 0 aromatic carbocycles. The summed E-state index contributed by atoms with van der Waals surface area (Å²) in [7, 11) is 0. The van der Waals surface area contributed by atoms with Gasteiger partial charge in [0, 0.05) is 6.61 Å². The van der Waals surface area contributed by atoms with Crippen LogP contribution in [-0.4, -0.2) is 11.7 Å². The van der Waals surface area contributed by atoms with Crippen molar-refractivity contribution in [1.29, 1.82) is 0 Å². The molecule has 0 bridgehead atoms. The van der Waals surface area contributed by atoms with Crippen molar-refractivity contribution in [3.05, 3.63) is 23.8 Å². The molecule has 0 spiro atoms. The zero-order valence-corrected chi connectivity index (χ0v) is 9.96. The molecule has 0 heterocycles. The fourth-order valence-corrected chi connectivity index (χ4v) is 1.55. The second kappa shape index (κ2) is 7.81. The van der Waals surface area contributed by atoms with Gasteiger partial charge in [-0.2, -0.15) is 0 Å². The molecule has 0 aromatic rings. The van der Waals surface area contributed by atoms with Crippen molar-refractivity contribution in [2.45, 2.75) is 40.5 Å². The third-order valence-corrected chi connectivity index (χ3v) is 2.20. The van der Waals surface area contributed by atoms with E-state index in [2.05, 4.69) is 39.0 Å². The Kier molecular flexibility index (Phi) is 7.50. The molecule has 0 saturated carbocycles. The van der Waals surface area contributed by atoms with E-state index in [4.69, 9.17) is 5.11 Å². The first-order valence-corrected chi connectivity index (χ1v) is 5.55. The van der Waals surface area contributed by atoms with Gasteiger partial charge in [0.15, 0.2) is 0 Å². The van der Waals surface area contributed by atoms with E-state index in [-0.39, 0.29) is 12.5 Å². The summed E-state index contributed by atoms with van der Waals surface area (Å²) in [5, 5.41) is 8.90. The Morgan fingerprint density at radius 1 is 1.29 bits per heavy atom. The van der Waals surface area contributed by atoms with E-state index in [1.807, 2.05) is 6.92 Å². The molecule has 0 fully saturated rings. The van der Waals surface area contributed by atoms with Crippen LogP contribution in [0.2, 0.25) is 0 Å². The lowest BCUT2D eigenvalue weighted by Gasteiger charge is -2.08. The fraction of sp³-hybridized carbons (Fsp3) is 0.692. The second-order valence-corrected chi connectivity index (χ2v) is 4.19. The van der Waals surface area contributed by atoms with Crippen LogP contribution >= 0.6 is 0 Å². The first-order valence-electron chi connectivity index (χ1n) is 5.55. The van der Waals surface area contributed by atoms with Gasteiger partial charge >= 0.3 is 0 Å². The zero-order chi connectivity index (χ0) is 11.0. The minimum atomic E-state index is 0.247. The Morgan fingerprint density at radius 3 is 2.43 bits per heavy atom. The highest BCUT2D eigenvalue weighted by molar-refractivity contribution is 5.04. The molecule has 2 atom stereocenters. The molecule has 1 N–H and O–H groups in total. The molecule has 0 aliphatic heterocycles. The van der Waals surface area contributed by atoms with Crippen molar-refractivity contribution in [2.24, 2.45) is 11.8 Å². The van der Waals surface area contributed by atoms with Crippen molar-refractivity contribution in [2.75, 3.05) is 6.61 Å². The van der Waals surface area contributed by atoms with Gasteiger partial charge in [0.2, 0.25) is 0 Å². The normalized spacial score (nSPS) is 17.4. The fourth-order valence-electron chi connectivity index (χ4n) is 1.55. The van der Waals surface area contributed by atoms with Crippen molar-refractivity contribution in [3.63, 3.8) is 0 Å². The molecule has 14 heavy (non-hydrogen) atoms. The van der Waals surface area contributed by atoms with E-state index >= 15 is 0 Å².